The van der Waals surface area contributed by atoms with Crippen molar-refractivity contribution in [3.05, 3.63) is 23.8 Å². The molecule has 144 valence electrons. The highest BCUT2D eigenvalue weighted by atomic mass is 16.5. The van der Waals surface area contributed by atoms with Crippen LogP contribution in [0.15, 0.2) is 18.2 Å². The van der Waals surface area contributed by atoms with Gasteiger partial charge in [0.15, 0.2) is 17.6 Å². The summed E-state index contributed by atoms with van der Waals surface area (Å²) in [5.41, 5.74) is -0.572. The number of carbonyl (C=O) groups is 2. The Balaban J connectivity index is 1.62. The zero-order valence-electron chi connectivity index (χ0n) is 15.5. The highest BCUT2D eigenvalue weighted by Crippen LogP contribution is 2.31. The van der Waals surface area contributed by atoms with E-state index in [4.69, 9.17) is 14.2 Å². The molecule has 1 saturated carbocycles. The van der Waals surface area contributed by atoms with E-state index in [9.17, 15) is 14.9 Å². The number of hydrogen-bond acceptors (Lipinski definition) is 6. The number of rotatable bonds is 4. The van der Waals surface area contributed by atoms with Crippen molar-refractivity contribution in [2.75, 3.05) is 13.2 Å². The monoisotopic (exact) mass is 372 g/mol. The van der Waals surface area contributed by atoms with Crippen molar-refractivity contribution >= 4 is 11.9 Å². The van der Waals surface area contributed by atoms with E-state index in [1.165, 1.54) is 6.92 Å². The molecule has 1 amide bonds. The zero-order valence-corrected chi connectivity index (χ0v) is 15.5. The number of nitriles is 1. The first-order valence-corrected chi connectivity index (χ1v) is 9.37. The van der Waals surface area contributed by atoms with Gasteiger partial charge >= 0.3 is 5.97 Å². The van der Waals surface area contributed by atoms with Gasteiger partial charge in [0.25, 0.3) is 5.91 Å². The topological polar surface area (TPSA) is 97.7 Å². The first kappa shape index (κ1) is 19.0. The average molecular weight is 372 g/mol. The van der Waals surface area contributed by atoms with Crippen LogP contribution < -0.4 is 14.8 Å². The number of nitrogens with zero attached hydrogens (tertiary/aromatic N) is 1. The normalized spacial score (nSPS) is 19.1. The minimum Gasteiger partial charge on any atom is -0.490 e. The van der Waals surface area contributed by atoms with Gasteiger partial charge in [0.2, 0.25) is 0 Å². The number of hydrogen-bond donors (Lipinski definition) is 1. The SMILES string of the molecule is CC(OC(=O)c1ccc2c(c1)OCCCO2)C(=O)NC1(C#N)CCCCC1. The molecule has 2 aliphatic rings. The van der Waals surface area contributed by atoms with E-state index in [0.717, 1.165) is 25.7 Å². The molecule has 0 saturated heterocycles. The van der Waals surface area contributed by atoms with Gasteiger partial charge in [0.05, 0.1) is 24.8 Å². The van der Waals surface area contributed by atoms with E-state index in [2.05, 4.69) is 11.4 Å². The van der Waals surface area contributed by atoms with Crippen molar-refractivity contribution < 1.29 is 23.8 Å². The van der Waals surface area contributed by atoms with Gasteiger partial charge in [0, 0.05) is 6.42 Å². The second-order valence-electron chi connectivity index (χ2n) is 7.00. The molecular formula is C20H24N2O5. The summed E-state index contributed by atoms with van der Waals surface area (Å²) in [5.74, 6) is -0.00288. The number of fused-ring (bicyclic) bond motifs is 1. The minimum atomic E-state index is -0.999. The molecule has 0 aromatic heterocycles. The lowest BCUT2D eigenvalue weighted by Gasteiger charge is -2.32. The lowest BCUT2D eigenvalue weighted by atomic mass is 9.83. The van der Waals surface area contributed by atoms with Crippen LogP contribution in [0, 0.1) is 11.3 Å². The van der Waals surface area contributed by atoms with Gasteiger partial charge < -0.3 is 19.5 Å². The molecule has 1 N–H and O–H groups in total. The van der Waals surface area contributed by atoms with Gasteiger partial charge in [0.1, 0.15) is 5.54 Å². The molecule has 7 nitrogen and oxygen atoms in total. The maximum absolute atomic E-state index is 12.4. The van der Waals surface area contributed by atoms with Crippen LogP contribution in [0.2, 0.25) is 0 Å². The van der Waals surface area contributed by atoms with Crippen LogP contribution in [-0.4, -0.2) is 36.7 Å². The fourth-order valence-corrected chi connectivity index (χ4v) is 3.33. The number of nitrogens with one attached hydrogen (secondary N) is 1. The Morgan fingerprint density at radius 2 is 1.85 bits per heavy atom. The number of carbonyl (C=O) groups excluding carboxylic acids is 2. The predicted octanol–water partition coefficient (Wildman–Crippen LogP) is 2.74. The van der Waals surface area contributed by atoms with Crippen molar-refractivity contribution in [3.63, 3.8) is 0 Å². The molecule has 1 unspecified atom stereocenters. The molecule has 1 atom stereocenters. The molecule has 1 aromatic rings. The molecule has 1 fully saturated rings. The Morgan fingerprint density at radius 3 is 2.56 bits per heavy atom. The Hall–Kier alpha value is -2.75. The zero-order chi connectivity index (χ0) is 19.3. The van der Waals surface area contributed by atoms with Gasteiger partial charge in [-0.1, -0.05) is 19.3 Å². The standard InChI is InChI=1S/C20H24N2O5/c1-14(18(23)22-20(13-21)8-3-2-4-9-20)27-19(24)15-6-7-16-17(12-15)26-11-5-10-25-16/h6-7,12,14H,2-5,8-11H2,1H3,(H,22,23). The molecule has 0 bridgehead atoms. The van der Waals surface area contributed by atoms with Crippen molar-refractivity contribution in [3.8, 4) is 17.6 Å². The molecule has 7 heteroatoms. The second kappa shape index (κ2) is 8.30. The van der Waals surface area contributed by atoms with E-state index < -0.39 is 23.5 Å². The van der Waals surface area contributed by atoms with Gasteiger partial charge in [-0.3, -0.25) is 4.79 Å². The molecule has 27 heavy (non-hydrogen) atoms. The van der Waals surface area contributed by atoms with E-state index in [-0.39, 0.29) is 5.56 Å². The van der Waals surface area contributed by atoms with Gasteiger partial charge in [-0.2, -0.15) is 5.26 Å². The van der Waals surface area contributed by atoms with Crippen LogP contribution >= 0.6 is 0 Å². The maximum atomic E-state index is 12.4. The number of esters is 1. The summed E-state index contributed by atoms with van der Waals surface area (Å²) in [5, 5.41) is 12.2. The first-order chi connectivity index (χ1) is 13.0. The summed E-state index contributed by atoms with van der Waals surface area (Å²) < 4.78 is 16.4. The molecule has 3 rings (SSSR count). The Kier molecular flexibility index (Phi) is 5.84. The Morgan fingerprint density at radius 1 is 1.15 bits per heavy atom. The van der Waals surface area contributed by atoms with Crippen LogP contribution in [0.3, 0.4) is 0 Å². The summed E-state index contributed by atoms with van der Waals surface area (Å²) in [6, 6.07) is 7.03. The third-order valence-electron chi connectivity index (χ3n) is 4.92. The van der Waals surface area contributed by atoms with Crippen molar-refractivity contribution in [2.45, 2.75) is 57.1 Å². The van der Waals surface area contributed by atoms with Crippen molar-refractivity contribution in [2.24, 2.45) is 0 Å². The first-order valence-electron chi connectivity index (χ1n) is 9.37. The summed E-state index contributed by atoms with van der Waals surface area (Å²) in [4.78, 5) is 24.8. The van der Waals surface area contributed by atoms with Crippen LogP contribution in [0.5, 0.6) is 11.5 Å². The molecule has 1 aliphatic heterocycles. The molecule has 1 aliphatic carbocycles. The fourth-order valence-electron chi connectivity index (χ4n) is 3.33. The Bertz CT molecular complexity index is 749. The fraction of sp³-hybridized carbons (Fsp3) is 0.550. The van der Waals surface area contributed by atoms with Crippen LogP contribution in [0.25, 0.3) is 0 Å². The molecular weight excluding hydrogens is 348 g/mol. The quantitative estimate of drug-likeness (QED) is 0.816. The van der Waals surface area contributed by atoms with Gasteiger partial charge in [-0.05, 0) is 38.0 Å². The highest BCUT2D eigenvalue weighted by Gasteiger charge is 2.35. The second-order valence-corrected chi connectivity index (χ2v) is 7.00. The molecule has 0 spiro atoms. The summed E-state index contributed by atoms with van der Waals surface area (Å²) in [6.45, 7) is 2.58. The van der Waals surface area contributed by atoms with Gasteiger partial charge in [-0.15, -0.1) is 0 Å². The third kappa shape index (κ3) is 4.51. The van der Waals surface area contributed by atoms with Crippen LogP contribution in [0.4, 0.5) is 0 Å². The molecule has 1 heterocycles. The number of amides is 1. The number of benzene rings is 1. The van der Waals surface area contributed by atoms with E-state index in [1.807, 2.05) is 0 Å². The third-order valence-corrected chi connectivity index (χ3v) is 4.92. The lowest BCUT2D eigenvalue weighted by molar-refractivity contribution is -0.130. The lowest BCUT2D eigenvalue weighted by Crippen LogP contribution is -2.52. The maximum Gasteiger partial charge on any atom is 0.339 e. The largest absolute Gasteiger partial charge is 0.490 e. The number of ether oxygens (including phenoxy) is 3. The van der Waals surface area contributed by atoms with Crippen molar-refractivity contribution in [1.82, 2.24) is 5.32 Å². The molecule has 0 radical (unpaired) electrons. The smallest absolute Gasteiger partial charge is 0.339 e. The summed E-state index contributed by atoms with van der Waals surface area (Å²) in [7, 11) is 0. The van der Waals surface area contributed by atoms with Crippen LogP contribution in [0.1, 0.15) is 55.8 Å². The van der Waals surface area contributed by atoms with E-state index >= 15 is 0 Å². The van der Waals surface area contributed by atoms with Crippen LogP contribution in [-0.2, 0) is 9.53 Å². The summed E-state index contributed by atoms with van der Waals surface area (Å²) in [6.07, 6.45) is 3.88. The average Bonchev–Trinajstić information content (AvgIpc) is 2.93. The Labute approximate surface area is 158 Å². The van der Waals surface area contributed by atoms with E-state index in [1.54, 1.807) is 18.2 Å². The van der Waals surface area contributed by atoms with E-state index in [0.29, 0.717) is 37.6 Å². The van der Waals surface area contributed by atoms with Gasteiger partial charge in [-0.25, -0.2) is 4.79 Å². The predicted molar refractivity (Wildman–Crippen MR) is 96.5 cm³/mol. The molecule has 1 aromatic carbocycles. The van der Waals surface area contributed by atoms with Crippen molar-refractivity contribution in [1.29, 1.82) is 5.26 Å². The summed E-state index contributed by atoms with van der Waals surface area (Å²) >= 11 is 0. The minimum absolute atomic E-state index is 0.284. The highest BCUT2D eigenvalue weighted by molar-refractivity contribution is 5.93.